The largest absolute Gasteiger partial charge is 0.481 e. The van der Waals surface area contributed by atoms with Crippen molar-refractivity contribution < 1.29 is 19.8 Å². The summed E-state index contributed by atoms with van der Waals surface area (Å²) < 4.78 is 0. The normalized spacial score (nSPS) is 11.0. The van der Waals surface area contributed by atoms with Crippen LogP contribution in [0, 0.1) is 0 Å². The lowest BCUT2D eigenvalue weighted by Crippen LogP contribution is -2.15. The highest BCUT2D eigenvalue weighted by Crippen LogP contribution is 2.18. The molecule has 94 valence electrons. The van der Waals surface area contributed by atoms with Gasteiger partial charge in [0.25, 0.3) is 5.97 Å². The summed E-state index contributed by atoms with van der Waals surface area (Å²) in [5, 5.41) is 16.4. The molecule has 1 unspecified atom stereocenters. The monoisotopic (exact) mass is 239 g/mol. The third-order valence-corrected chi connectivity index (χ3v) is 2.03. The molecule has 1 amide bonds. The summed E-state index contributed by atoms with van der Waals surface area (Å²) in [5.74, 6) is -1.33. The van der Waals surface area contributed by atoms with E-state index in [1.165, 1.54) is 0 Å². The zero-order valence-electron chi connectivity index (χ0n) is 9.88. The van der Waals surface area contributed by atoms with Gasteiger partial charge in [-0.25, -0.2) is 0 Å². The smallest absolute Gasteiger partial charge is 0.300 e. The number of carbonyl (C=O) groups excluding carboxylic acids is 1. The fraction of sp³-hybridized carbons (Fsp3) is 0.333. The molecule has 1 aromatic carbocycles. The van der Waals surface area contributed by atoms with E-state index in [-0.39, 0.29) is 12.5 Å². The Morgan fingerprint density at radius 3 is 2.24 bits per heavy atom. The average molecular weight is 239 g/mol. The Hall–Kier alpha value is -1.88. The summed E-state index contributed by atoms with van der Waals surface area (Å²) in [6.45, 7) is 2.95. The number of nitrogens with two attached hydrogens (primary N) is 1. The Balaban J connectivity index is 0.000000557. The maximum atomic E-state index is 11.0. The molecule has 0 aliphatic rings. The first kappa shape index (κ1) is 15.1. The number of rotatable bonds is 3. The SMILES string of the molecule is CC(=O)O.CC(CO)c1ccccc1C(N)=O. The topological polar surface area (TPSA) is 101 Å². The summed E-state index contributed by atoms with van der Waals surface area (Å²) in [6.07, 6.45) is 0. The minimum Gasteiger partial charge on any atom is -0.481 e. The van der Waals surface area contributed by atoms with Crippen molar-refractivity contribution >= 4 is 11.9 Å². The number of carbonyl (C=O) groups is 2. The maximum absolute atomic E-state index is 11.0. The first-order chi connectivity index (χ1) is 7.90. The predicted molar refractivity (Wildman–Crippen MR) is 63.8 cm³/mol. The third-order valence-electron chi connectivity index (χ3n) is 2.03. The number of primary amides is 1. The summed E-state index contributed by atoms with van der Waals surface area (Å²) in [7, 11) is 0. The Morgan fingerprint density at radius 1 is 1.35 bits per heavy atom. The second kappa shape index (κ2) is 7.40. The zero-order valence-corrected chi connectivity index (χ0v) is 9.88. The number of aliphatic carboxylic acids is 1. The van der Waals surface area contributed by atoms with E-state index in [0.717, 1.165) is 12.5 Å². The Labute approximate surface area is 99.9 Å². The summed E-state index contributed by atoms with van der Waals surface area (Å²) in [5.41, 5.74) is 6.48. The minimum atomic E-state index is -0.833. The first-order valence-electron chi connectivity index (χ1n) is 5.09. The van der Waals surface area contributed by atoms with E-state index >= 15 is 0 Å². The molecule has 0 aromatic heterocycles. The van der Waals surface area contributed by atoms with Gasteiger partial charge < -0.3 is 15.9 Å². The van der Waals surface area contributed by atoms with Crippen LogP contribution in [0.1, 0.15) is 35.7 Å². The second-order valence-corrected chi connectivity index (χ2v) is 3.55. The average Bonchev–Trinajstić information content (AvgIpc) is 2.27. The Morgan fingerprint density at radius 2 is 1.82 bits per heavy atom. The number of carboxylic acids is 1. The number of benzene rings is 1. The van der Waals surface area contributed by atoms with Crippen molar-refractivity contribution in [2.75, 3.05) is 6.61 Å². The minimum absolute atomic E-state index is 0.0181. The number of aliphatic hydroxyl groups excluding tert-OH is 1. The summed E-state index contributed by atoms with van der Waals surface area (Å²) >= 11 is 0. The molecule has 1 atom stereocenters. The van der Waals surface area contributed by atoms with Gasteiger partial charge in [-0.05, 0) is 11.6 Å². The van der Waals surface area contributed by atoms with Gasteiger partial charge in [0.1, 0.15) is 0 Å². The molecule has 0 heterocycles. The molecule has 0 radical (unpaired) electrons. The molecule has 1 aromatic rings. The van der Waals surface area contributed by atoms with Crippen molar-refractivity contribution in [3.8, 4) is 0 Å². The van der Waals surface area contributed by atoms with Crippen LogP contribution in [0.15, 0.2) is 24.3 Å². The van der Waals surface area contributed by atoms with Gasteiger partial charge in [-0.2, -0.15) is 0 Å². The highest BCUT2D eigenvalue weighted by molar-refractivity contribution is 5.94. The zero-order chi connectivity index (χ0) is 13.4. The Kier molecular flexibility index (Phi) is 6.58. The van der Waals surface area contributed by atoms with Crippen LogP contribution in [-0.4, -0.2) is 28.7 Å². The molecule has 0 aliphatic heterocycles. The molecule has 0 spiro atoms. The standard InChI is InChI=1S/C10H13NO2.C2H4O2/c1-7(6-12)8-4-2-3-5-9(8)10(11)13;1-2(3)4/h2-5,7,12H,6H2,1H3,(H2,11,13);1H3,(H,3,4). The van der Waals surface area contributed by atoms with Crippen LogP contribution in [0.2, 0.25) is 0 Å². The van der Waals surface area contributed by atoms with E-state index in [2.05, 4.69) is 0 Å². The number of hydrogen-bond donors (Lipinski definition) is 3. The van der Waals surface area contributed by atoms with E-state index in [1.54, 1.807) is 18.2 Å². The van der Waals surface area contributed by atoms with Crippen molar-refractivity contribution in [3.05, 3.63) is 35.4 Å². The quantitative estimate of drug-likeness (QED) is 0.731. The molecular weight excluding hydrogens is 222 g/mol. The molecule has 0 fully saturated rings. The molecular formula is C12H17NO4. The molecule has 0 saturated carbocycles. The van der Waals surface area contributed by atoms with E-state index < -0.39 is 11.9 Å². The third kappa shape index (κ3) is 5.67. The van der Waals surface area contributed by atoms with Crippen LogP contribution in [-0.2, 0) is 4.79 Å². The number of hydrogen-bond acceptors (Lipinski definition) is 3. The number of carboxylic acid groups (broad SMARTS) is 1. The molecule has 0 bridgehead atoms. The van der Waals surface area contributed by atoms with Gasteiger partial charge in [0.15, 0.2) is 0 Å². The van der Waals surface area contributed by atoms with Crippen LogP contribution in [0.25, 0.3) is 0 Å². The van der Waals surface area contributed by atoms with Gasteiger partial charge in [0, 0.05) is 25.0 Å². The molecule has 5 nitrogen and oxygen atoms in total. The highest BCUT2D eigenvalue weighted by atomic mass is 16.4. The van der Waals surface area contributed by atoms with E-state index in [1.807, 2.05) is 13.0 Å². The summed E-state index contributed by atoms with van der Waals surface area (Å²) in [6, 6.07) is 7.06. The molecule has 0 saturated heterocycles. The van der Waals surface area contributed by atoms with Crippen LogP contribution in [0.4, 0.5) is 0 Å². The van der Waals surface area contributed by atoms with Crippen molar-refractivity contribution in [3.63, 3.8) is 0 Å². The van der Waals surface area contributed by atoms with Crippen LogP contribution >= 0.6 is 0 Å². The first-order valence-corrected chi connectivity index (χ1v) is 5.09. The van der Waals surface area contributed by atoms with E-state index in [0.29, 0.717) is 5.56 Å². The van der Waals surface area contributed by atoms with Crippen molar-refractivity contribution in [1.82, 2.24) is 0 Å². The van der Waals surface area contributed by atoms with Gasteiger partial charge >= 0.3 is 0 Å². The van der Waals surface area contributed by atoms with Crippen LogP contribution in [0.3, 0.4) is 0 Å². The van der Waals surface area contributed by atoms with Gasteiger partial charge in [-0.3, -0.25) is 9.59 Å². The lowest BCUT2D eigenvalue weighted by Gasteiger charge is -2.11. The number of amides is 1. The highest BCUT2D eigenvalue weighted by Gasteiger charge is 2.11. The van der Waals surface area contributed by atoms with Crippen molar-refractivity contribution in [1.29, 1.82) is 0 Å². The Bertz CT molecular complexity index is 386. The van der Waals surface area contributed by atoms with Gasteiger partial charge in [-0.1, -0.05) is 25.1 Å². The maximum Gasteiger partial charge on any atom is 0.300 e. The molecule has 17 heavy (non-hydrogen) atoms. The van der Waals surface area contributed by atoms with E-state index in [9.17, 15) is 4.79 Å². The van der Waals surface area contributed by atoms with Crippen molar-refractivity contribution in [2.45, 2.75) is 19.8 Å². The van der Waals surface area contributed by atoms with Gasteiger partial charge in [0.2, 0.25) is 5.91 Å². The van der Waals surface area contributed by atoms with Crippen LogP contribution < -0.4 is 5.73 Å². The molecule has 5 heteroatoms. The fourth-order valence-corrected chi connectivity index (χ4v) is 1.25. The lowest BCUT2D eigenvalue weighted by atomic mass is 9.96. The second-order valence-electron chi connectivity index (χ2n) is 3.55. The number of aliphatic hydroxyl groups is 1. The van der Waals surface area contributed by atoms with Crippen molar-refractivity contribution in [2.24, 2.45) is 5.73 Å². The van der Waals surface area contributed by atoms with E-state index in [4.69, 9.17) is 20.7 Å². The predicted octanol–water partition coefficient (Wildman–Crippen LogP) is 0.972. The molecule has 1 rings (SSSR count). The van der Waals surface area contributed by atoms with Gasteiger partial charge in [0.05, 0.1) is 0 Å². The van der Waals surface area contributed by atoms with Crippen LogP contribution in [0.5, 0.6) is 0 Å². The molecule has 0 aliphatic carbocycles. The fourth-order valence-electron chi connectivity index (χ4n) is 1.25. The lowest BCUT2D eigenvalue weighted by molar-refractivity contribution is -0.134. The van der Waals surface area contributed by atoms with Gasteiger partial charge in [-0.15, -0.1) is 0 Å². The molecule has 4 N–H and O–H groups in total. The summed E-state index contributed by atoms with van der Waals surface area (Å²) in [4.78, 5) is 20.0.